The van der Waals surface area contributed by atoms with E-state index in [4.69, 9.17) is 9.78 Å². The maximum Gasteiger partial charge on any atom is 0.130 e. The zero-order chi connectivity index (χ0) is 12.3. The molecule has 0 N–H and O–H groups in total. The van der Waals surface area contributed by atoms with E-state index in [1.807, 2.05) is 0 Å². The molecule has 0 aromatic carbocycles. The predicted molar refractivity (Wildman–Crippen MR) is 67.3 cm³/mol. The molecule has 1 aliphatic heterocycles. The minimum Gasteiger partial charge on any atom is -0.224 e. The first-order chi connectivity index (χ1) is 8.01. The molecule has 2 fully saturated rings. The summed E-state index contributed by atoms with van der Waals surface area (Å²) in [5, 5.41) is 0. The van der Waals surface area contributed by atoms with E-state index in [2.05, 4.69) is 33.8 Å². The number of allylic oxidation sites excluding steroid dienone is 1. The quantitative estimate of drug-likeness (QED) is 0.508. The SMILES string of the molecule is CC(C)[C@@]12CCC(C)[C@]3(CC[C@H](C)C=C13)OO2. The standard InChI is InChI=1S/C15H24O2/c1-10(2)14-8-6-12(4)15(17-16-14)7-5-11(3)9-13(14)15/h9-12H,5-8H2,1-4H3/t11-,12?,14-,15-/m0/s1. The Labute approximate surface area is 104 Å². The van der Waals surface area contributed by atoms with Gasteiger partial charge in [-0.25, -0.2) is 9.78 Å². The molecule has 2 nitrogen and oxygen atoms in total. The molecule has 96 valence electrons. The van der Waals surface area contributed by atoms with Crippen molar-refractivity contribution >= 4 is 0 Å². The average Bonchev–Trinajstić information content (AvgIpc) is 2.55. The van der Waals surface area contributed by atoms with Crippen LogP contribution in [0.4, 0.5) is 0 Å². The van der Waals surface area contributed by atoms with Gasteiger partial charge in [0.1, 0.15) is 11.2 Å². The Hall–Kier alpha value is -0.340. The molecule has 3 rings (SSSR count). The molecule has 3 aliphatic rings. The summed E-state index contributed by atoms with van der Waals surface area (Å²) >= 11 is 0. The predicted octanol–water partition coefficient (Wildman–Crippen LogP) is 3.87. The van der Waals surface area contributed by atoms with E-state index >= 15 is 0 Å². The average molecular weight is 236 g/mol. The van der Waals surface area contributed by atoms with Gasteiger partial charge in [-0.15, -0.1) is 0 Å². The monoisotopic (exact) mass is 236 g/mol. The first-order valence-electron chi connectivity index (χ1n) is 7.11. The molecule has 1 saturated carbocycles. The van der Waals surface area contributed by atoms with Crippen LogP contribution in [0.5, 0.6) is 0 Å². The van der Waals surface area contributed by atoms with Gasteiger partial charge in [-0.3, -0.25) is 0 Å². The highest BCUT2D eigenvalue weighted by Crippen LogP contribution is 2.60. The van der Waals surface area contributed by atoms with Gasteiger partial charge in [0.2, 0.25) is 0 Å². The molecule has 2 aliphatic carbocycles. The van der Waals surface area contributed by atoms with Crippen LogP contribution in [0.2, 0.25) is 0 Å². The van der Waals surface area contributed by atoms with E-state index in [0.717, 1.165) is 12.8 Å². The van der Waals surface area contributed by atoms with Crippen LogP contribution in [0, 0.1) is 17.8 Å². The van der Waals surface area contributed by atoms with E-state index in [0.29, 0.717) is 17.8 Å². The van der Waals surface area contributed by atoms with Crippen molar-refractivity contribution in [2.75, 3.05) is 0 Å². The van der Waals surface area contributed by atoms with Crippen LogP contribution in [-0.2, 0) is 9.78 Å². The van der Waals surface area contributed by atoms with Crippen LogP contribution in [0.15, 0.2) is 11.6 Å². The molecule has 0 radical (unpaired) electrons. The van der Waals surface area contributed by atoms with Crippen molar-refractivity contribution in [1.82, 2.24) is 0 Å². The van der Waals surface area contributed by atoms with Crippen molar-refractivity contribution in [1.29, 1.82) is 0 Å². The summed E-state index contributed by atoms with van der Waals surface area (Å²) in [4.78, 5) is 11.8. The maximum absolute atomic E-state index is 5.93. The molecule has 0 aromatic rings. The van der Waals surface area contributed by atoms with Gasteiger partial charge in [0.05, 0.1) is 0 Å². The van der Waals surface area contributed by atoms with Gasteiger partial charge in [0.25, 0.3) is 0 Å². The fourth-order valence-electron chi connectivity index (χ4n) is 4.00. The lowest BCUT2D eigenvalue weighted by molar-refractivity contribution is -0.356. The summed E-state index contributed by atoms with van der Waals surface area (Å²) in [7, 11) is 0. The van der Waals surface area contributed by atoms with Crippen LogP contribution in [-0.4, -0.2) is 11.2 Å². The first kappa shape index (κ1) is 11.7. The van der Waals surface area contributed by atoms with Crippen molar-refractivity contribution in [2.24, 2.45) is 17.8 Å². The highest BCUT2D eigenvalue weighted by Gasteiger charge is 2.63. The lowest BCUT2D eigenvalue weighted by atomic mass is 9.59. The largest absolute Gasteiger partial charge is 0.224 e. The zero-order valence-electron chi connectivity index (χ0n) is 11.5. The van der Waals surface area contributed by atoms with Gasteiger partial charge in [-0.05, 0) is 49.0 Å². The zero-order valence-corrected chi connectivity index (χ0v) is 11.5. The molecule has 2 bridgehead atoms. The highest BCUT2D eigenvalue weighted by molar-refractivity contribution is 5.37. The van der Waals surface area contributed by atoms with Gasteiger partial charge < -0.3 is 0 Å². The second-order valence-corrected chi connectivity index (χ2v) is 6.64. The van der Waals surface area contributed by atoms with Gasteiger partial charge in [0, 0.05) is 0 Å². The summed E-state index contributed by atoms with van der Waals surface area (Å²) in [5.74, 6) is 1.76. The Bertz CT molecular complexity index is 360. The molecular formula is C15H24O2. The number of rotatable bonds is 1. The van der Waals surface area contributed by atoms with Gasteiger partial charge >= 0.3 is 0 Å². The molecule has 2 heteroatoms. The van der Waals surface area contributed by atoms with E-state index in [1.165, 1.54) is 18.4 Å². The minimum absolute atomic E-state index is 0.0883. The summed E-state index contributed by atoms with van der Waals surface area (Å²) in [6.45, 7) is 9.15. The third-order valence-electron chi connectivity index (χ3n) is 5.35. The van der Waals surface area contributed by atoms with Gasteiger partial charge in [0.15, 0.2) is 0 Å². The molecule has 1 unspecified atom stereocenters. The summed E-state index contributed by atoms with van der Waals surface area (Å²) in [6, 6.07) is 0. The van der Waals surface area contributed by atoms with Crippen molar-refractivity contribution in [2.45, 2.75) is 64.6 Å². The van der Waals surface area contributed by atoms with E-state index in [1.54, 1.807) is 0 Å². The van der Waals surface area contributed by atoms with E-state index in [9.17, 15) is 0 Å². The molecular weight excluding hydrogens is 212 g/mol. The molecule has 1 saturated heterocycles. The fourth-order valence-corrected chi connectivity index (χ4v) is 4.00. The summed E-state index contributed by atoms with van der Waals surface area (Å²) in [6.07, 6.45) is 7.16. The third kappa shape index (κ3) is 1.34. The van der Waals surface area contributed by atoms with Crippen molar-refractivity contribution in [3.05, 3.63) is 11.6 Å². The molecule has 0 spiro atoms. The van der Waals surface area contributed by atoms with Crippen LogP contribution in [0.3, 0.4) is 0 Å². The van der Waals surface area contributed by atoms with E-state index in [-0.39, 0.29) is 11.2 Å². The van der Waals surface area contributed by atoms with Crippen LogP contribution >= 0.6 is 0 Å². The second kappa shape index (κ2) is 3.58. The summed E-state index contributed by atoms with van der Waals surface area (Å²) < 4.78 is 0. The maximum atomic E-state index is 5.93. The molecule has 0 aromatic heterocycles. The van der Waals surface area contributed by atoms with E-state index < -0.39 is 0 Å². The Kier molecular flexibility index (Phi) is 2.47. The van der Waals surface area contributed by atoms with Crippen molar-refractivity contribution in [3.63, 3.8) is 0 Å². The van der Waals surface area contributed by atoms with Crippen LogP contribution in [0.1, 0.15) is 53.4 Å². The fraction of sp³-hybridized carbons (Fsp3) is 0.867. The van der Waals surface area contributed by atoms with Gasteiger partial charge in [-0.2, -0.15) is 0 Å². The smallest absolute Gasteiger partial charge is 0.130 e. The normalized spacial score (nSPS) is 49.1. The third-order valence-corrected chi connectivity index (χ3v) is 5.35. The number of hydrogen-bond acceptors (Lipinski definition) is 2. The van der Waals surface area contributed by atoms with Gasteiger partial charge in [-0.1, -0.05) is 33.8 Å². The minimum atomic E-state index is -0.124. The summed E-state index contributed by atoms with van der Waals surface area (Å²) in [5.41, 5.74) is 1.26. The second-order valence-electron chi connectivity index (χ2n) is 6.64. The molecule has 4 atom stereocenters. The topological polar surface area (TPSA) is 18.5 Å². The van der Waals surface area contributed by atoms with Crippen molar-refractivity contribution < 1.29 is 9.78 Å². The lowest BCUT2D eigenvalue weighted by Gasteiger charge is -2.45. The Morgan fingerprint density at radius 1 is 1.18 bits per heavy atom. The first-order valence-corrected chi connectivity index (χ1v) is 7.11. The molecule has 17 heavy (non-hydrogen) atoms. The Morgan fingerprint density at radius 2 is 1.94 bits per heavy atom. The highest BCUT2D eigenvalue weighted by atomic mass is 17.2. The Balaban J connectivity index is 2.11. The number of hydrogen-bond donors (Lipinski definition) is 0. The van der Waals surface area contributed by atoms with Crippen LogP contribution < -0.4 is 0 Å². The lowest BCUT2D eigenvalue weighted by Crippen LogP contribution is -2.50. The Morgan fingerprint density at radius 3 is 2.65 bits per heavy atom. The van der Waals surface area contributed by atoms with Crippen molar-refractivity contribution in [3.8, 4) is 0 Å². The van der Waals surface area contributed by atoms with Crippen LogP contribution in [0.25, 0.3) is 0 Å². The molecule has 1 heterocycles. The molecule has 0 amide bonds.